The number of nitrogens with one attached hydrogen (secondary N) is 1. The minimum absolute atomic E-state index is 0.331. The molecular weight excluding hydrogens is 275 g/mol. The number of halogens is 3. The molecule has 0 saturated heterocycles. The highest BCUT2D eigenvalue weighted by molar-refractivity contribution is 5.39. The van der Waals surface area contributed by atoms with Crippen molar-refractivity contribution in [3.8, 4) is 0 Å². The second-order valence-corrected chi connectivity index (χ2v) is 5.11. The maximum Gasteiger partial charge on any atom is 0.131 e. The quantitative estimate of drug-likeness (QED) is 0.880. The van der Waals surface area contributed by atoms with E-state index in [1.807, 2.05) is 6.92 Å². The molecule has 21 heavy (non-hydrogen) atoms. The molecule has 0 aromatic heterocycles. The Kier molecular flexibility index (Phi) is 4.68. The Labute approximate surface area is 122 Å². The largest absolute Gasteiger partial charge is 0.306 e. The lowest BCUT2D eigenvalue weighted by atomic mass is 9.93. The van der Waals surface area contributed by atoms with Crippen molar-refractivity contribution >= 4 is 0 Å². The van der Waals surface area contributed by atoms with E-state index in [0.29, 0.717) is 17.7 Å². The molecule has 2 aromatic rings. The molecular formula is C17H18F3N. The third-order valence-corrected chi connectivity index (χ3v) is 3.54. The molecule has 4 heteroatoms. The van der Waals surface area contributed by atoms with Gasteiger partial charge in [0.25, 0.3) is 0 Å². The number of hydrogen-bond acceptors (Lipinski definition) is 1. The van der Waals surface area contributed by atoms with Crippen LogP contribution in [0, 0.1) is 31.3 Å². The van der Waals surface area contributed by atoms with Gasteiger partial charge in [0.2, 0.25) is 0 Å². The summed E-state index contributed by atoms with van der Waals surface area (Å²) in [5, 5.41) is 3.18. The number of hydrogen-bond donors (Lipinski definition) is 1. The molecule has 0 heterocycles. The van der Waals surface area contributed by atoms with Gasteiger partial charge in [-0.25, -0.2) is 13.2 Å². The molecule has 2 aromatic carbocycles. The van der Waals surface area contributed by atoms with Crippen LogP contribution in [-0.4, -0.2) is 6.54 Å². The van der Waals surface area contributed by atoms with Gasteiger partial charge < -0.3 is 5.32 Å². The zero-order chi connectivity index (χ0) is 15.6. The van der Waals surface area contributed by atoms with Crippen LogP contribution in [-0.2, 0) is 0 Å². The second kappa shape index (κ2) is 6.31. The van der Waals surface area contributed by atoms with Gasteiger partial charge in [0.1, 0.15) is 17.5 Å². The van der Waals surface area contributed by atoms with Crippen LogP contribution in [0.2, 0.25) is 0 Å². The molecule has 1 N–H and O–H groups in total. The number of rotatable bonds is 4. The van der Waals surface area contributed by atoms with Gasteiger partial charge in [-0.15, -0.1) is 0 Å². The lowest BCUT2D eigenvalue weighted by molar-refractivity contribution is 0.536. The molecule has 1 unspecified atom stereocenters. The third kappa shape index (κ3) is 3.27. The molecule has 0 amide bonds. The van der Waals surface area contributed by atoms with Crippen LogP contribution in [0.25, 0.3) is 0 Å². The Bertz CT molecular complexity index is 653. The highest BCUT2D eigenvalue weighted by atomic mass is 19.1. The molecule has 0 spiro atoms. The summed E-state index contributed by atoms with van der Waals surface area (Å²) in [6, 6.07) is 6.36. The molecule has 0 fully saturated rings. The molecule has 0 aliphatic rings. The summed E-state index contributed by atoms with van der Waals surface area (Å²) in [7, 11) is 0. The number of aryl methyl sites for hydroxylation is 2. The van der Waals surface area contributed by atoms with Crippen LogP contribution < -0.4 is 5.32 Å². The first-order valence-corrected chi connectivity index (χ1v) is 6.89. The molecule has 0 aliphatic carbocycles. The number of benzene rings is 2. The van der Waals surface area contributed by atoms with Crippen LogP contribution in [0.3, 0.4) is 0 Å². The SMILES string of the molecule is CCNC(c1ccc(F)cc1C)c1cc(C)c(F)cc1F. The highest BCUT2D eigenvalue weighted by Crippen LogP contribution is 2.29. The summed E-state index contributed by atoms with van der Waals surface area (Å²) in [6.07, 6.45) is 0. The predicted molar refractivity (Wildman–Crippen MR) is 77.8 cm³/mol. The van der Waals surface area contributed by atoms with E-state index in [4.69, 9.17) is 0 Å². The van der Waals surface area contributed by atoms with Crippen LogP contribution in [0.15, 0.2) is 30.3 Å². The summed E-state index contributed by atoms with van der Waals surface area (Å²) in [6.45, 7) is 5.88. The van der Waals surface area contributed by atoms with Crippen molar-refractivity contribution < 1.29 is 13.2 Å². The molecule has 0 saturated carbocycles. The van der Waals surface area contributed by atoms with Crippen molar-refractivity contribution in [1.82, 2.24) is 5.32 Å². The van der Waals surface area contributed by atoms with Crippen molar-refractivity contribution in [2.24, 2.45) is 0 Å². The van der Waals surface area contributed by atoms with Gasteiger partial charge in [0, 0.05) is 11.6 Å². The van der Waals surface area contributed by atoms with E-state index < -0.39 is 17.7 Å². The topological polar surface area (TPSA) is 12.0 Å². The van der Waals surface area contributed by atoms with Gasteiger partial charge in [-0.05, 0) is 55.3 Å². The fourth-order valence-electron chi connectivity index (χ4n) is 2.46. The van der Waals surface area contributed by atoms with Gasteiger partial charge in [-0.2, -0.15) is 0 Å². The van der Waals surface area contributed by atoms with Gasteiger partial charge in [-0.3, -0.25) is 0 Å². The summed E-state index contributed by atoms with van der Waals surface area (Å²) >= 11 is 0. The summed E-state index contributed by atoms with van der Waals surface area (Å²) < 4.78 is 40.8. The van der Waals surface area contributed by atoms with Crippen molar-refractivity contribution in [2.75, 3.05) is 6.54 Å². The highest BCUT2D eigenvalue weighted by Gasteiger charge is 2.20. The first-order valence-electron chi connectivity index (χ1n) is 6.89. The molecule has 2 rings (SSSR count). The summed E-state index contributed by atoms with van der Waals surface area (Å²) in [5.74, 6) is -1.50. The lowest BCUT2D eigenvalue weighted by Crippen LogP contribution is -2.24. The first kappa shape index (κ1) is 15.6. The fourth-order valence-corrected chi connectivity index (χ4v) is 2.46. The van der Waals surface area contributed by atoms with Crippen molar-refractivity contribution in [3.05, 3.63) is 70.0 Å². The normalized spacial score (nSPS) is 12.5. The van der Waals surface area contributed by atoms with Crippen molar-refractivity contribution in [1.29, 1.82) is 0 Å². The van der Waals surface area contributed by atoms with Crippen LogP contribution in [0.1, 0.15) is 35.2 Å². The molecule has 1 nitrogen and oxygen atoms in total. The van der Waals surface area contributed by atoms with Crippen LogP contribution in [0.4, 0.5) is 13.2 Å². The Morgan fingerprint density at radius 2 is 1.62 bits per heavy atom. The van der Waals surface area contributed by atoms with E-state index in [0.717, 1.165) is 17.2 Å². The Morgan fingerprint density at radius 3 is 2.24 bits per heavy atom. The average Bonchev–Trinajstić information content (AvgIpc) is 2.41. The van der Waals surface area contributed by atoms with Gasteiger partial charge in [0.15, 0.2) is 0 Å². The third-order valence-electron chi connectivity index (χ3n) is 3.54. The predicted octanol–water partition coefficient (Wildman–Crippen LogP) is 4.42. The van der Waals surface area contributed by atoms with E-state index in [1.54, 1.807) is 19.9 Å². The minimum Gasteiger partial charge on any atom is -0.306 e. The average molecular weight is 293 g/mol. The Morgan fingerprint density at radius 1 is 0.905 bits per heavy atom. The van der Waals surface area contributed by atoms with E-state index in [-0.39, 0.29) is 5.82 Å². The molecule has 0 bridgehead atoms. The molecule has 112 valence electrons. The monoisotopic (exact) mass is 293 g/mol. The second-order valence-electron chi connectivity index (χ2n) is 5.11. The zero-order valence-electron chi connectivity index (χ0n) is 12.3. The van der Waals surface area contributed by atoms with Crippen molar-refractivity contribution in [3.63, 3.8) is 0 Å². The first-order chi connectivity index (χ1) is 9.93. The van der Waals surface area contributed by atoms with Gasteiger partial charge in [-0.1, -0.05) is 13.0 Å². The van der Waals surface area contributed by atoms with E-state index in [9.17, 15) is 13.2 Å². The zero-order valence-corrected chi connectivity index (χ0v) is 12.3. The van der Waals surface area contributed by atoms with E-state index in [2.05, 4.69) is 5.32 Å². The Balaban J connectivity index is 2.55. The summed E-state index contributed by atoms with van der Waals surface area (Å²) in [4.78, 5) is 0. The lowest BCUT2D eigenvalue weighted by Gasteiger charge is -2.22. The summed E-state index contributed by atoms with van der Waals surface area (Å²) in [5.41, 5.74) is 2.25. The molecule has 1 atom stereocenters. The van der Waals surface area contributed by atoms with E-state index >= 15 is 0 Å². The maximum absolute atomic E-state index is 14.1. The molecule has 0 radical (unpaired) electrons. The van der Waals surface area contributed by atoms with Gasteiger partial charge >= 0.3 is 0 Å². The fraction of sp³-hybridized carbons (Fsp3) is 0.294. The minimum atomic E-state index is -0.604. The molecule has 0 aliphatic heterocycles. The van der Waals surface area contributed by atoms with Gasteiger partial charge in [0.05, 0.1) is 6.04 Å². The van der Waals surface area contributed by atoms with Crippen LogP contribution in [0.5, 0.6) is 0 Å². The van der Waals surface area contributed by atoms with Crippen LogP contribution >= 0.6 is 0 Å². The smallest absolute Gasteiger partial charge is 0.131 e. The maximum atomic E-state index is 14.1. The Hall–Kier alpha value is -1.81. The van der Waals surface area contributed by atoms with Crippen molar-refractivity contribution in [2.45, 2.75) is 26.8 Å². The van der Waals surface area contributed by atoms with E-state index in [1.165, 1.54) is 18.2 Å². The standard InChI is InChI=1S/C17H18F3N/c1-4-21-17(13-6-5-12(18)7-10(13)2)14-8-11(3)15(19)9-16(14)20/h5-9,17,21H,4H2,1-3H3.